The highest BCUT2D eigenvalue weighted by Crippen LogP contribution is 2.37. The van der Waals surface area contributed by atoms with Crippen LogP contribution in [0.3, 0.4) is 0 Å². The van der Waals surface area contributed by atoms with E-state index in [2.05, 4.69) is 38.9 Å². The minimum absolute atomic E-state index is 0.0189. The molecule has 0 bridgehead atoms. The number of fused-ring (bicyclic) bond motifs is 2. The van der Waals surface area contributed by atoms with Gasteiger partial charge in [-0.05, 0) is 68.5 Å². The SMILES string of the molecule is Cc1cc(C2=CN=C3SC(N)=NC3C2)cc2c1OCCN(c1nc(CN(C)C)nc(C)c1CC(=O)O)C2. The van der Waals surface area contributed by atoms with Gasteiger partial charge in [0.2, 0.25) is 0 Å². The molecule has 0 amide bonds. The van der Waals surface area contributed by atoms with Crippen molar-refractivity contribution >= 4 is 39.3 Å². The standard InChI is InChI=1S/C26H31N7O3S/c1-14-7-16(17-9-20-25(28-11-17)37-26(27)30-20)8-18-12-33(5-6-36-23(14)18)24-19(10-22(34)35)15(2)29-21(31-24)13-32(3)4/h7-8,11,20H,5-6,9-10,12-13H2,1-4H3,(H2,27,30)(H,34,35). The third-order valence-electron chi connectivity index (χ3n) is 6.55. The van der Waals surface area contributed by atoms with E-state index in [0.717, 1.165) is 39.5 Å². The number of carbonyl (C=O) groups is 1. The molecule has 11 heteroatoms. The number of carboxylic acid groups (broad SMARTS) is 1. The zero-order chi connectivity index (χ0) is 26.3. The fourth-order valence-corrected chi connectivity index (χ4v) is 5.71. The molecule has 4 heterocycles. The van der Waals surface area contributed by atoms with E-state index in [0.29, 0.717) is 54.3 Å². The minimum Gasteiger partial charge on any atom is -0.491 e. The summed E-state index contributed by atoms with van der Waals surface area (Å²) < 4.78 is 6.20. The van der Waals surface area contributed by atoms with Crippen LogP contribution in [0.25, 0.3) is 5.57 Å². The maximum absolute atomic E-state index is 11.7. The van der Waals surface area contributed by atoms with Crippen molar-refractivity contribution in [3.8, 4) is 5.75 Å². The first-order chi connectivity index (χ1) is 17.7. The van der Waals surface area contributed by atoms with Crippen molar-refractivity contribution in [1.82, 2.24) is 14.9 Å². The second-order valence-electron chi connectivity index (χ2n) is 9.80. The topological polar surface area (TPSA) is 130 Å². The molecule has 2 aromatic rings. The highest BCUT2D eigenvalue weighted by molar-refractivity contribution is 8.27. The Balaban J connectivity index is 1.51. The van der Waals surface area contributed by atoms with Crippen LogP contribution in [0.5, 0.6) is 5.75 Å². The van der Waals surface area contributed by atoms with Gasteiger partial charge in [-0.25, -0.2) is 9.97 Å². The molecule has 0 saturated carbocycles. The lowest BCUT2D eigenvalue weighted by Crippen LogP contribution is -2.29. The van der Waals surface area contributed by atoms with Crippen molar-refractivity contribution in [1.29, 1.82) is 0 Å². The summed E-state index contributed by atoms with van der Waals surface area (Å²) >= 11 is 1.43. The molecular formula is C26H31N7O3S. The van der Waals surface area contributed by atoms with Gasteiger partial charge in [0, 0.05) is 36.0 Å². The zero-order valence-electron chi connectivity index (χ0n) is 21.5. The number of amidine groups is 1. The fraction of sp³-hybridized carbons (Fsp3) is 0.423. The van der Waals surface area contributed by atoms with Gasteiger partial charge in [0.15, 0.2) is 5.17 Å². The van der Waals surface area contributed by atoms with Gasteiger partial charge in [0.05, 0.1) is 19.5 Å². The average Bonchev–Trinajstić information content (AvgIpc) is 3.05. The zero-order valence-corrected chi connectivity index (χ0v) is 22.3. The van der Waals surface area contributed by atoms with Gasteiger partial charge in [-0.15, -0.1) is 0 Å². The smallest absolute Gasteiger partial charge is 0.308 e. The highest BCUT2D eigenvalue weighted by atomic mass is 32.2. The van der Waals surface area contributed by atoms with Gasteiger partial charge in [0.1, 0.15) is 35.1 Å². The predicted octanol–water partition coefficient (Wildman–Crippen LogP) is 2.75. The number of rotatable bonds is 6. The van der Waals surface area contributed by atoms with Gasteiger partial charge in [0.25, 0.3) is 0 Å². The maximum Gasteiger partial charge on any atom is 0.308 e. The third kappa shape index (κ3) is 5.33. The molecule has 194 valence electrons. The van der Waals surface area contributed by atoms with E-state index in [1.165, 1.54) is 11.8 Å². The molecule has 10 nitrogen and oxygen atoms in total. The van der Waals surface area contributed by atoms with Crippen LogP contribution in [0.1, 0.15) is 40.2 Å². The van der Waals surface area contributed by atoms with Crippen molar-refractivity contribution in [2.24, 2.45) is 15.7 Å². The number of aromatic nitrogens is 2. The molecule has 1 atom stereocenters. The quantitative estimate of drug-likeness (QED) is 0.589. The first kappa shape index (κ1) is 25.2. The normalized spacial score (nSPS) is 18.9. The first-order valence-corrected chi connectivity index (χ1v) is 13.0. The van der Waals surface area contributed by atoms with Crippen LogP contribution < -0.4 is 15.4 Å². The average molecular weight is 522 g/mol. The Bertz CT molecular complexity index is 1350. The number of aliphatic imine (C=N–C) groups is 2. The van der Waals surface area contributed by atoms with E-state index in [1.54, 1.807) is 0 Å². The lowest BCUT2D eigenvalue weighted by Gasteiger charge is -2.25. The molecule has 5 rings (SSSR count). The second-order valence-corrected chi connectivity index (χ2v) is 10.8. The van der Waals surface area contributed by atoms with Crippen molar-refractivity contribution in [2.75, 3.05) is 32.1 Å². The first-order valence-electron chi connectivity index (χ1n) is 12.2. The van der Waals surface area contributed by atoms with Crippen LogP contribution in [0.15, 0.2) is 28.3 Å². The summed E-state index contributed by atoms with van der Waals surface area (Å²) in [6.07, 6.45) is 2.52. The molecule has 3 aliphatic rings. The number of hydrogen-bond donors (Lipinski definition) is 2. The maximum atomic E-state index is 11.7. The van der Waals surface area contributed by atoms with Crippen LogP contribution in [-0.2, 0) is 24.3 Å². The summed E-state index contributed by atoms with van der Waals surface area (Å²) in [5.41, 5.74) is 11.5. The van der Waals surface area contributed by atoms with E-state index >= 15 is 0 Å². The number of hydrogen-bond acceptors (Lipinski definition) is 10. The van der Waals surface area contributed by atoms with Crippen molar-refractivity contribution < 1.29 is 14.6 Å². The molecule has 0 saturated heterocycles. The van der Waals surface area contributed by atoms with Gasteiger partial charge < -0.3 is 25.4 Å². The number of nitrogens with zero attached hydrogens (tertiary/aromatic N) is 6. The van der Waals surface area contributed by atoms with E-state index < -0.39 is 5.97 Å². The van der Waals surface area contributed by atoms with Gasteiger partial charge in [-0.1, -0.05) is 0 Å². The predicted molar refractivity (Wildman–Crippen MR) is 146 cm³/mol. The summed E-state index contributed by atoms with van der Waals surface area (Å²) in [7, 11) is 3.92. The van der Waals surface area contributed by atoms with Crippen LogP contribution in [-0.4, -0.2) is 69.4 Å². The number of aryl methyl sites for hydroxylation is 2. The van der Waals surface area contributed by atoms with E-state index in [4.69, 9.17) is 15.5 Å². The number of ether oxygens (including phenoxy) is 1. The Hall–Kier alpha value is -3.44. The summed E-state index contributed by atoms with van der Waals surface area (Å²) in [4.78, 5) is 34.4. The van der Waals surface area contributed by atoms with Crippen LogP contribution in [0.4, 0.5) is 5.82 Å². The molecule has 3 aliphatic heterocycles. The van der Waals surface area contributed by atoms with Crippen molar-refractivity contribution in [3.63, 3.8) is 0 Å². The number of thioether (sulfide) groups is 1. The molecule has 0 spiro atoms. The molecule has 37 heavy (non-hydrogen) atoms. The molecule has 1 aromatic carbocycles. The molecular weight excluding hydrogens is 490 g/mol. The van der Waals surface area contributed by atoms with Crippen LogP contribution in [0, 0.1) is 13.8 Å². The monoisotopic (exact) mass is 521 g/mol. The molecule has 0 fully saturated rings. The number of anilines is 1. The Morgan fingerprint density at radius 1 is 1.30 bits per heavy atom. The Morgan fingerprint density at radius 2 is 2.11 bits per heavy atom. The third-order valence-corrected chi connectivity index (χ3v) is 7.45. The Labute approximate surface area is 220 Å². The fourth-order valence-electron chi connectivity index (χ4n) is 4.94. The van der Waals surface area contributed by atoms with Gasteiger partial charge >= 0.3 is 5.97 Å². The van der Waals surface area contributed by atoms with E-state index in [9.17, 15) is 9.90 Å². The molecule has 1 unspecified atom stereocenters. The van der Waals surface area contributed by atoms with Gasteiger partial charge in [-0.3, -0.25) is 14.8 Å². The number of benzene rings is 1. The lowest BCUT2D eigenvalue weighted by atomic mass is 9.94. The van der Waals surface area contributed by atoms with Crippen LogP contribution >= 0.6 is 11.8 Å². The summed E-state index contributed by atoms with van der Waals surface area (Å²) in [5.74, 6) is 1.28. The minimum atomic E-state index is -0.907. The van der Waals surface area contributed by atoms with Gasteiger partial charge in [-0.2, -0.15) is 0 Å². The number of carboxylic acids is 1. The number of aliphatic carboxylic acids is 1. The van der Waals surface area contributed by atoms with Crippen molar-refractivity contribution in [3.05, 3.63) is 52.1 Å². The largest absolute Gasteiger partial charge is 0.491 e. The summed E-state index contributed by atoms with van der Waals surface area (Å²) in [6.45, 7) is 6.06. The molecule has 1 aromatic heterocycles. The Kier molecular flexibility index (Phi) is 6.91. The van der Waals surface area contributed by atoms with Crippen molar-refractivity contribution in [2.45, 2.75) is 45.8 Å². The van der Waals surface area contributed by atoms with Crippen LogP contribution in [0.2, 0.25) is 0 Å². The lowest BCUT2D eigenvalue weighted by molar-refractivity contribution is -0.136. The molecule has 3 N–H and O–H groups in total. The number of nitrogens with two attached hydrogens (primary N) is 1. The van der Waals surface area contributed by atoms with E-state index in [1.807, 2.05) is 32.1 Å². The second kappa shape index (κ2) is 10.1. The van der Waals surface area contributed by atoms with E-state index in [-0.39, 0.29) is 12.5 Å². The molecule has 0 aliphatic carbocycles. The molecule has 0 radical (unpaired) electrons. The summed E-state index contributed by atoms with van der Waals surface area (Å²) in [6, 6.07) is 4.26. The Morgan fingerprint density at radius 3 is 2.86 bits per heavy atom. The summed E-state index contributed by atoms with van der Waals surface area (Å²) in [5, 5.41) is 11.1. The highest BCUT2D eigenvalue weighted by Gasteiger charge is 2.29.